The first-order valence-corrected chi connectivity index (χ1v) is 8.97. The lowest BCUT2D eigenvalue weighted by Crippen LogP contribution is -2.23. The molecule has 1 amide bonds. The number of hydrogen-bond acceptors (Lipinski definition) is 5. The fourth-order valence-corrected chi connectivity index (χ4v) is 2.82. The quantitative estimate of drug-likeness (QED) is 0.621. The molecule has 1 aromatic heterocycles. The van der Waals surface area contributed by atoms with Gasteiger partial charge in [0, 0.05) is 17.7 Å². The van der Waals surface area contributed by atoms with E-state index in [4.69, 9.17) is 13.9 Å². The number of alkyl halides is 3. The van der Waals surface area contributed by atoms with Crippen LogP contribution in [0.3, 0.4) is 0 Å². The fraction of sp³-hybridized carbons (Fsp3) is 0.238. The number of benzene rings is 2. The second-order valence-corrected chi connectivity index (χ2v) is 6.20. The van der Waals surface area contributed by atoms with Crippen LogP contribution in [0.25, 0.3) is 22.8 Å². The van der Waals surface area contributed by atoms with E-state index in [0.29, 0.717) is 29.2 Å². The molecule has 0 aliphatic carbocycles. The summed E-state index contributed by atoms with van der Waals surface area (Å²) in [6, 6.07) is 9.29. The SMILES string of the molecule is CCNC(=O)c1nc(-c2ccc(C(F)(F)F)cc2)oc1-c1ccc(OC)c(OC)c1. The predicted molar refractivity (Wildman–Crippen MR) is 103 cm³/mol. The van der Waals surface area contributed by atoms with Gasteiger partial charge in [0.1, 0.15) is 0 Å². The molecule has 0 unspecified atom stereocenters. The van der Waals surface area contributed by atoms with Crippen molar-refractivity contribution in [2.24, 2.45) is 0 Å². The first-order valence-electron chi connectivity index (χ1n) is 8.97. The Hall–Kier alpha value is -3.49. The molecular weight excluding hydrogens is 401 g/mol. The topological polar surface area (TPSA) is 73.6 Å². The van der Waals surface area contributed by atoms with Crippen molar-refractivity contribution in [3.8, 4) is 34.3 Å². The second-order valence-electron chi connectivity index (χ2n) is 6.20. The summed E-state index contributed by atoms with van der Waals surface area (Å²) in [6.07, 6.45) is -4.45. The van der Waals surface area contributed by atoms with E-state index in [9.17, 15) is 18.0 Å². The zero-order chi connectivity index (χ0) is 21.9. The molecule has 0 bridgehead atoms. The Morgan fingerprint density at radius 3 is 2.23 bits per heavy atom. The van der Waals surface area contributed by atoms with Crippen LogP contribution in [-0.4, -0.2) is 31.7 Å². The Morgan fingerprint density at radius 2 is 1.67 bits per heavy atom. The number of nitrogens with one attached hydrogen (secondary N) is 1. The Morgan fingerprint density at radius 1 is 1.03 bits per heavy atom. The third-order valence-electron chi connectivity index (χ3n) is 4.28. The van der Waals surface area contributed by atoms with E-state index < -0.39 is 17.6 Å². The normalized spacial score (nSPS) is 11.3. The molecule has 9 heteroatoms. The maximum Gasteiger partial charge on any atom is 0.416 e. The van der Waals surface area contributed by atoms with Gasteiger partial charge in [-0.05, 0) is 49.4 Å². The number of oxazole rings is 1. The molecule has 0 aliphatic heterocycles. The molecule has 0 spiro atoms. The van der Waals surface area contributed by atoms with Gasteiger partial charge < -0.3 is 19.2 Å². The van der Waals surface area contributed by atoms with E-state index in [1.165, 1.54) is 26.4 Å². The monoisotopic (exact) mass is 420 g/mol. The van der Waals surface area contributed by atoms with E-state index >= 15 is 0 Å². The Labute approximate surface area is 170 Å². The van der Waals surface area contributed by atoms with Gasteiger partial charge in [-0.3, -0.25) is 4.79 Å². The van der Waals surface area contributed by atoms with E-state index in [1.807, 2.05) is 0 Å². The van der Waals surface area contributed by atoms with Gasteiger partial charge in [0.25, 0.3) is 5.91 Å². The summed E-state index contributed by atoms with van der Waals surface area (Å²) in [4.78, 5) is 16.7. The summed E-state index contributed by atoms with van der Waals surface area (Å²) in [5, 5.41) is 2.65. The molecule has 2 aromatic carbocycles. The van der Waals surface area contributed by atoms with Crippen LogP contribution >= 0.6 is 0 Å². The fourth-order valence-electron chi connectivity index (χ4n) is 2.82. The number of nitrogens with zero attached hydrogens (tertiary/aromatic N) is 1. The molecule has 0 atom stereocenters. The number of aromatic nitrogens is 1. The summed E-state index contributed by atoms with van der Waals surface area (Å²) < 4.78 is 54.8. The van der Waals surface area contributed by atoms with Crippen molar-refractivity contribution >= 4 is 5.91 Å². The van der Waals surface area contributed by atoms with E-state index in [2.05, 4.69) is 10.3 Å². The van der Waals surface area contributed by atoms with E-state index in [1.54, 1.807) is 25.1 Å². The van der Waals surface area contributed by atoms with Gasteiger partial charge in [0.2, 0.25) is 5.89 Å². The molecular formula is C21H19F3N2O4. The average Bonchev–Trinajstić information content (AvgIpc) is 3.18. The van der Waals surface area contributed by atoms with Gasteiger partial charge >= 0.3 is 6.18 Å². The van der Waals surface area contributed by atoms with Crippen LogP contribution in [0.2, 0.25) is 0 Å². The van der Waals surface area contributed by atoms with Crippen molar-refractivity contribution in [2.45, 2.75) is 13.1 Å². The molecule has 0 saturated heterocycles. The van der Waals surface area contributed by atoms with Crippen molar-refractivity contribution < 1.29 is 31.9 Å². The smallest absolute Gasteiger partial charge is 0.416 e. The van der Waals surface area contributed by atoms with Gasteiger partial charge in [0.05, 0.1) is 19.8 Å². The zero-order valence-electron chi connectivity index (χ0n) is 16.5. The second kappa shape index (κ2) is 8.48. The highest BCUT2D eigenvalue weighted by molar-refractivity contribution is 5.98. The van der Waals surface area contributed by atoms with Crippen LogP contribution in [0, 0.1) is 0 Å². The number of amides is 1. The molecule has 0 fully saturated rings. The van der Waals surface area contributed by atoms with Crippen LogP contribution in [0.15, 0.2) is 46.9 Å². The summed E-state index contributed by atoms with van der Waals surface area (Å²) in [5.41, 5.74) is 0.0284. The lowest BCUT2D eigenvalue weighted by atomic mass is 10.1. The summed E-state index contributed by atoms with van der Waals surface area (Å²) in [5.74, 6) is 0.628. The minimum atomic E-state index is -4.45. The molecule has 6 nitrogen and oxygen atoms in total. The number of hydrogen-bond donors (Lipinski definition) is 1. The molecule has 1 N–H and O–H groups in total. The molecule has 1 heterocycles. The number of rotatable bonds is 6. The summed E-state index contributed by atoms with van der Waals surface area (Å²) in [7, 11) is 2.97. The first-order chi connectivity index (χ1) is 14.3. The third kappa shape index (κ3) is 4.24. The van der Waals surface area contributed by atoms with E-state index in [-0.39, 0.29) is 17.3 Å². The van der Waals surface area contributed by atoms with Gasteiger partial charge in [-0.1, -0.05) is 0 Å². The molecule has 3 aromatic rings. The van der Waals surface area contributed by atoms with Gasteiger partial charge in [-0.15, -0.1) is 0 Å². The first kappa shape index (κ1) is 21.2. The predicted octanol–water partition coefficient (Wildman–Crippen LogP) is 4.79. The van der Waals surface area contributed by atoms with Crippen LogP contribution < -0.4 is 14.8 Å². The molecule has 158 valence electrons. The van der Waals surface area contributed by atoms with Gasteiger partial charge in [-0.25, -0.2) is 4.98 Å². The molecule has 30 heavy (non-hydrogen) atoms. The van der Waals surface area contributed by atoms with Crippen molar-refractivity contribution in [1.29, 1.82) is 0 Å². The molecule has 0 aliphatic rings. The minimum Gasteiger partial charge on any atom is -0.493 e. The molecule has 0 radical (unpaired) electrons. The molecule has 3 rings (SSSR count). The number of carbonyl (C=O) groups excluding carboxylic acids is 1. The standard InChI is InChI=1S/C21H19F3N2O4/c1-4-25-19(27)17-18(13-7-10-15(28-2)16(11-13)29-3)30-20(26-17)12-5-8-14(9-6-12)21(22,23)24/h5-11H,4H2,1-3H3,(H,25,27). The number of carbonyl (C=O) groups is 1. The highest BCUT2D eigenvalue weighted by Gasteiger charge is 2.30. The van der Waals surface area contributed by atoms with E-state index in [0.717, 1.165) is 12.1 Å². The minimum absolute atomic E-state index is 0.0129. The Bertz CT molecular complexity index is 1040. The third-order valence-corrected chi connectivity index (χ3v) is 4.28. The Balaban J connectivity index is 2.09. The highest BCUT2D eigenvalue weighted by atomic mass is 19.4. The maximum absolute atomic E-state index is 12.8. The highest BCUT2D eigenvalue weighted by Crippen LogP contribution is 2.36. The van der Waals surface area contributed by atoms with Crippen LogP contribution in [0.1, 0.15) is 23.0 Å². The van der Waals surface area contributed by atoms with Crippen molar-refractivity contribution in [3.05, 3.63) is 53.7 Å². The maximum atomic E-state index is 12.8. The van der Waals surface area contributed by atoms with Gasteiger partial charge in [0.15, 0.2) is 23.0 Å². The van der Waals surface area contributed by atoms with Crippen LogP contribution in [-0.2, 0) is 6.18 Å². The van der Waals surface area contributed by atoms with Crippen LogP contribution in [0.4, 0.5) is 13.2 Å². The van der Waals surface area contributed by atoms with Gasteiger partial charge in [-0.2, -0.15) is 13.2 Å². The van der Waals surface area contributed by atoms with Crippen molar-refractivity contribution in [2.75, 3.05) is 20.8 Å². The summed E-state index contributed by atoms with van der Waals surface area (Å²) in [6.45, 7) is 2.12. The largest absolute Gasteiger partial charge is 0.493 e. The Kier molecular flexibility index (Phi) is 6.00. The lowest BCUT2D eigenvalue weighted by molar-refractivity contribution is -0.137. The average molecular weight is 420 g/mol. The van der Waals surface area contributed by atoms with Crippen LogP contribution in [0.5, 0.6) is 11.5 Å². The lowest BCUT2D eigenvalue weighted by Gasteiger charge is -2.09. The zero-order valence-corrected chi connectivity index (χ0v) is 16.5. The number of ether oxygens (including phenoxy) is 2. The summed E-state index contributed by atoms with van der Waals surface area (Å²) >= 11 is 0. The van der Waals surface area contributed by atoms with Crippen molar-refractivity contribution in [1.82, 2.24) is 10.3 Å². The molecule has 0 saturated carbocycles. The number of methoxy groups -OCH3 is 2. The number of halogens is 3. The van der Waals surface area contributed by atoms with Crippen molar-refractivity contribution in [3.63, 3.8) is 0 Å².